The van der Waals surface area contributed by atoms with Crippen LogP contribution in [0.25, 0.3) is 0 Å². The molecule has 2 rings (SSSR count). The van der Waals surface area contributed by atoms with E-state index in [4.69, 9.17) is 0 Å². The van der Waals surface area contributed by atoms with Crippen LogP contribution in [0.2, 0.25) is 0 Å². The van der Waals surface area contributed by atoms with Crippen LogP contribution in [-0.2, 0) is 6.54 Å². The topological polar surface area (TPSA) is 53.2 Å². The third-order valence-electron chi connectivity index (χ3n) is 3.83. The van der Waals surface area contributed by atoms with Crippen molar-refractivity contribution in [2.75, 3.05) is 6.54 Å². The van der Waals surface area contributed by atoms with Gasteiger partial charge < -0.3 is 9.88 Å². The standard InChI is InChI=1S/C17H20N2O2S/c1-5-7-19(9-14-6-8-22-10-14)17(21)15-12(3)11(2)13(4)18-16(15)20/h5-6,8,10H,1,7,9H2,2-4H3,(H,18,20). The third kappa shape index (κ3) is 3.20. The molecule has 0 atom stereocenters. The smallest absolute Gasteiger partial charge is 0.261 e. The fourth-order valence-corrected chi connectivity index (χ4v) is 3.02. The molecule has 2 aromatic rings. The summed E-state index contributed by atoms with van der Waals surface area (Å²) in [6, 6.07) is 1.98. The van der Waals surface area contributed by atoms with Gasteiger partial charge in [-0.15, -0.1) is 6.58 Å². The predicted octanol–water partition coefficient (Wildman–Crippen LogP) is 3.19. The lowest BCUT2D eigenvalue weighted by atomic mass is 10.0. The molecule has 0 saturated carbocycles. The Morgan fingerprint density at radius 1 is 1.36 bits per heavy atom. The monoisotopic (exact) mass is 316 g/mol. The third-order valence-corrected chi connectivity index (χ3v) is 4.56. The van der Waals surface area contributed by atoms with Crippen LogP contribution in [0.3, 0.4) is 0 Å². The van der Waals surface area contributed by atoms with Crippen LogP contribution in [0, 0.1) is 20.8 Å². The molecule has 1 amide bonds. The quantitative estimate of drug-likeness (QED) is 0.861. The minimum absolute atomic E-state index is 0.222. The first kappa shape index (κ1) is 16.2. The lowest BCUT2D eigenvalue weighted by molar-refractivity contribution is 0.0760. The van der Waals surface area contributed by atoms with E-state index in [0.29, 0.717) is 13.1 Å². The van der Waals surface area contributed by atoms with E-state index in [2.05, 4.69) is 11.6 Å². The van der Waals surface area contributed by atoms with Crippen molar-refractivity contribution in [2.45, 2.75) is 27.3 Å². The van der Waals surface area contributed by atoms with Gasteiger partial charge in [0.2, 0.25) is 0 Å². The van der Waals surface area contributed by atoms with Crippen LogP contribution in [-0.4, -0.2) is 22.3 Å². The van der Waals surface area contributed by atoms with E-state index in [1.165, 1.54) is 0 Å². The summed E-state index contributed by atoms with van der Waals surface area (Å²) < 4.78 is 0. The first-order valence-electron chi connectivity index (χ1n) is 7.07. The van der Waals surface area contributed by atoms with E-state index in [-0.39, 0.29) is 17.0 Å². The summed E-state index contributed by atoms with van der Waals surface area (Å²) in [4.78, 5) is 29.5. The number of thiophene rings is 1. The molecule has 22 heavy (non-hydrogen) atoms. The summed E-state index contributed by atoms with van der Waals surface area (Å²) in [6.07, 6.45) is 1.68. The van der Waals surface area contributed by atoms with Crippen LogP contribution in [0.5, 0.6) is 0 Å². The molecular weight excluding hydrogens is 296 g/mol. The molecule has 5 heteroatoms. The molecule has 2 aromatic heterocycles. The number of carbonyl (C=O) groups is 1. The van der Waals surface area contributed by atoms with Gasteiger partial charge in [-0.2, -0.15) is 11.3 Å². The average Bonchev–Trinajstić information content (AvgIpc) is 2.97. The molecule has 0 radical (unpaired) electrons. The van der Waals surface area contributed by atoms with Crippen LogP contribution < -0.4 is 5.56 Å². The maximum Gasteiger partial charge on any atom is 0.261 e. The number of amides is 1. The molecule has 1 N–H and O–H groups in total. The Bertz CT molecular complexity index is 745. The Balaban J connectivity index is 2.41. The highest BCUT2D eigenvalue weighted by molar-refractivity contribution is 7.07. The van der Waals surface area contributed by atoms with E-state index >= 15 is 0 Å². The summed E-state index contributed by atoms with van der Waals surface area (Å²) in [5.41, 5.74) is 3.43. The second kappa shape index (κ2) is 6.75. The van der Waals surface area contributed by atoms with Crippen molar-refractivity contribution < 1.29 is 4.79 Å². The summed E-state index contributed by atoms with van der Waals surface area (Å²) in [7, 11) is 0. The summed E-state index contributed by atoms with van der Waals surface area (Å²) in [6.45, 7) is 10.2. The number of aromatic nitrogens is 1. The number of hydrogen-bond donors (Lipinski definition) is 1. The van der Waals surface area contributed by atoms with Crippen LogP contribution in [0.4, 0.5) is 0 Å². The predicted molar refractivity (Wildman–Crippen MR) is 90.5 cm³/mol. The second-order valence-electron chi connectivity index (χ2n) is 5.31. The Hall–Kier alpha value is -2.14. The van der Waals surface area contributed by atoms with Crippen molar-refractivity contribution in [1.29, 1.82) is 0 Å². The Kier molecular flexibility index (Phi) is 4.98. The molecule has 0 spiro atoms. The largest absolute Gasteiger partial charge is 0.330 e. The first-order chi connectivity index (χ1) is 10.5. The Morgan fingerprint density at radius 2 is 2.09 bits per heavy atom. The van der Waals surface area contributed by atoms with Gasteiger partial charge in [0.15, 0.2) is 0 Å². The van der Waals surface area contributed by atoms with Crippen molar-refractivity contribution >= 4 is 17.2 Å². The normalized spacial score (nSPS) is 10.5. The number of carbonyl (C=O) groups excluding carboxylic acids is 1. The molecule has 0 aromatic carbocycles. The van der Waals surface area contributed by atoms with Gasteiger partial charge in [0.25, 0.3) is 11.5 Å². The number of rotatable bonds is 5. The molecule has 0 aliphatic carbocycles. The lowest BCUT2D eigenvalue weighted by Gasteiger charge is -2.22. The van der Waals surface area contributed by atoms with Crippen LogP contribution >= 0.6 is 11.3 Å². The van der Waals surface area contributed by atoms with Crippen molar-refractivity contribution in [1.82, 2.24) is 9.88 Å². The Labute approximate surface area is 134 Å². The zero-order valence-corrected chi connectivity index (χ0v) is 13.9. The van der Waals surface area contributed by atoms with Gasteiger partial charge in [0.1, 0.15) is 5.56 Å². The minimum atomic E-state index is -0.329. The number of hydrogen-bond acceptors (Lipinski definition) is 3. The van der Waals surface area contributed by atoms with Gasteiger partial charge >= 0.3 is 0 Å². The lowest BCUT2D eigenvalue weighted by Crippen LogP contribution is -2.35. The highest BCUT2D eigenvalue weighted by Crippen LogP contribution is 2.16. The number of H-pyrrole nitrogens is 1. The van der Waals surface area contributed by atoms with Gasteiger partial charge in [-0.1, -0.05) is 6.08 Å². The fraction of sp³-hybridized carbons (Fsp3) is 0.294. The zero-order chi connectivity index (χ0) is 16.3. The average molecular weight is 316 g/mol. The molecule has 0 bridgehead atoms. The minimum Gasteiger partial charge on any atom is -0.330 e. The molecule has 0 unspecified atom stereocenters. The molecule has 0 aliphatic rings. The van der Waals surface area contributed by atoms with Crippen molar-refractivity contribution in [3.8, 4) is 0 Å². The van der Waals surface area contributed by atoms with Crippen LogP contribution in [0.1, 0.15) is 32.7 Å². The summed E-state index contributed by atoms with van der Waals surface area (Å²) >= 11 is 1.59. The molecular formula is C17H20N2O2S. The fourth-order valence-electron chi connectivity index (χ4n) is 2.36. The molecule has 116 valence electrons. The zero-order valence-electron chi connectivity index (χ0n) is 13.1. The van der Waals surface area contributed by atoms with Crippen molar-refractivity contribution in [2.24, 2.45) is 0 Å². The maximum atomic E-state index is 12.8. The van der Waals surface area contributed by atoms with E-state index in [1.54, 1.807) is 22.3 Å². The van der Waals surface area contributed by atoms with E-state index in [0.717, 1.165) is 22.4 Å². The van der Waals surface area contributed by atoms with Crippen molar-refractivity contribution in [3.63, 3.8) is 0 Å². The molecule has 0 saturated heterocycles. The molecule has 2 heterocycles. The number of nitrogens with zero attached hydrogens (tertiary/aromatic N) is 1. The van der Waals surface area contributed by atoms with Gasteiger partial charge in [0.05, 0.1) is 0 Å². The Morgan fingerprint density at radius 3 is 2.68 bits per heavy atom. The van der Waals surface area contributed by atoms with E-state index < -0.39 is 0 Å². The SMILES string of the molecule is C=CCN(Cc1ccsc1)C(=O)c1c(C)c(C)c(C)[nH]c1=O. The van der Waals surface area contributed by atoms with E-state index in [1.807, 2.05) is 37.6 Å². The van der Waals surface area contributed by atoms with Crippen molar-refractivity contribution in [3.05, 3.63) is 67.8 Å². The van der Waals surface area contributed by atoms with Gasteiger partial charge in [-0.05, 0) is 54.3 Å². The number of aromatic amines is 1. The summed E-state index contributed by atoms with van der Waals surface area (Å²) in [5.74, 6) is -0.257. The molecule has 4 nitrogen and oxygen atoms in total. The number of aryl methyl sites for hydroxylation is 1. The second-order valence-corrected chi connectivity index (χ2v) is 6.09. The number of nitrogens with one attached hydrogen (secondary N) is 1. The van der Waals surface area contributed by atoms with Gasteiger partial charge in [-0.25, -0.2) is 0 Å². The number of pyridine rings is 1. The highest BCUT2D eigenvalue weighted by atomic mass is 32.1. The first-order valence-corrected chi connectivity index (χ1v) is 8.01. The molecule has 0 fully saturated rings. The maximum absolute atomic E-state index is 12.8. The highest BCUT2D eigenvalue weighted by Gasteiger charge is 2.22. The van der Waals surface area contributed by atoms with Crippen LogP contribution in [0.15, 0.2) is 34.3 Å². The summed E-state index contributed by atoms with van der Waals surface area (Å²) in [5, 5.41) is 3.97. The molecule has 0 aliphatic heterocycles. The van der Waals surface area contributed by atoms with Gasteiger partial charge in [-0.3, -0.25) is 9.59 Å². The van der Waals surface area contributed by atoms with Gasteiger partial charge in [0, 0.05) is 18.8 Å². The van der Waals surface area contributed by atoms with E-state index in [9.17, 15) is 9.59 Å².